The lowest BCUT2D eigenvalue weighted by Gasteiger charge is -2.38. The van der Waals surface area contributed by atoms with Crippen LogP contribution in [0.2, 0.25) is 0 Å². The second kappa shape index (κ2) is 8.44. The lowest BCUT2D eigenvalue weighted by atomic mass is 9.92. The zero-order chi connectivity index (χ0) is 20.5. The van der Waals surface area contributed by atoms with Gasteiger partial charge in [-0.2, -0.15) is 11.8 Å². The summed E-state index contributed by atoms with van der Waals surface area (Å²) in [5.41, 5.74) is 6.12. The SMILES string of the molecule is COc1ccccc1C=C1CSCC2=C1N=C1SCCN1C2c1ccccc1OC. The third kappa shape index (κ3) is 3.42. The van der Waals surface area contributed by atoms with Crippen molar-refractivity contribution in [2.45, 2.75) is 6.04 Å². The number of thioether (sulfide) groups is 2. The first-order chi connectivity index (χ1) is 14.8. The van der Waals surface area contributed by atoms with Gasteiger partial charge in [0.1, 0.15) is 11.5 Å². The second-order valence-corrected chi connectivity index (χ2v) is 9.41. The Morgan fingerprint density at radius 3 is 2.60 bits per heavy atom. The average Bonchev–Trinajstić information content (AvgIpc) is 3.26. The minimum Gasteiger partial charge on any atom is -0.496 e. The summed E-state index contributed by atoms with van der Waals surface area (Å²) >= 11 is 3.81. The number of allylic oxidation sites excluding steroid dienone is 1. The van der Waals surface area contributed by atoms with Gasteiger partial charge >= 0.3 is 0 Å². The minimum absolute atomic E-state index is 0.174. The van der Waals surface area contributed by atoms with Crippen LogP contribution in [0.1, 0.15) is 17.2 Å². The lowest BCUT2D eigenvalue weighted by Crippen LogP contribution is -2.36. The molecule has 4 nitrogen and oxygen atoms in total. The van der Waals surface area contributed by atoms with Crippen molar-refractivity contribution in [2.75, 3.05) is 38.0 Å². The fraction of sp³-hybridized carbons (Fsp3) is 0.292. The molecule has 0 amide bonds. The van der Waals surface area contributed by atoms with Crippen LogP contribution >= 0.6 is 23.5 Å². The van der Waals surface area contributed by atoms with Gasteiger partial charge in [0.05, 0.1) is 26.0 Å². The molecular weight excluding hydrogens is 412 g/mol. The van der Waals surface area contributed by atoms with Gasteiger partial charge in [-0.1, -0.05) is 48.2 Å². The highest BCUT2D eigenvalue weighted by molar-refractivity contribution is 8.14. The molecule has 3 aliphatic heterocycles. The molecule has 1 saturated heterocycles. The first kappa shape index (κ1) is 19.6. The Hall–Kier alpha value is -2.31. The normalized spacial score (nSPS) is 21.9. The van der Waals surface area contributed by atoms with Crippen LogP contribution in [0.5, 0.6) is 11.5 Å². The number of amidine groups is 1. The molecule has 0 bridgehead atoms. The van der Waals surface area contributed by atoms with Gasteiger partial charge in [0, 0.05) is 34.9 Å². The zero-order valence-corrected chi connectivity index (χ0v) is 18.8. The maximum Gasteiger partial charge on any atom is 0.165 e. The fourth-order valence-electron chi connectivity index (χ4n) is 4.33. The van der Waals surface area contributed by atoms with Gasteiger partial charge in [-0.05, 0) is 29.4 Å². The molecule has 0 spiro atoms. The Bertz CT molecular complexity index is 1060. The number of hydrogen-bond acceptors (Lipinski definition) is 6. The maximum atomic E-state index is 5.75. The Balaban J connectivity index is 1.66. The van der Waals surface area contributed by atoms with E-state index in [-0.39, 0.29) is 6.04 Å². The molecular formula is C24H24N2O2S2. The highest BCUT2D eigenvalue weighted by atomic mass is 32.2. The van der Waals surface area contributed by atoms with E-state index >= 15 is 0 Å². The van der Waals surface area contributed by atoms with Crippen LogP contribution in [-0.4, -0.2) is 48.1 Å². The van der Waals surface area contributed by atoms with Crippen LogP contribution in [0.25, 0.3) is 6.08 Å². The smallest absolute Gasteiger partial charge is 0.165 e. The van der Waals surface area contributed by atoms with Crippen molar-refractivity contribution in [1.29, 1.82) is 0 Å². The zero-order valence-electron chi connectivity index (χ0n) is 17.1. The Labute approximate surface area is 186 Å². The number of benzene rings is 2. The molecule has 0 radical (unpaired) electrons. The third-order valence-corrected chi connectivity index (χ3v) is 7.68. The molecule has 154 valence electrons. The van der Waals surface area contributed by atoms with Crippen LogP contribution in [0.3, 0.4) is 0 Å². The van der Waals surface area contributed by atoms with Gasteiger partial charge in [-0.25, -0.2) is 4.99 Å². The average molecular weight is 437 g/mol. The fourth-order valence-corrected chi connectivity index (χ4v) is 6.38. The summed E-state index contributed by atoms with van der Waals surface area (Å²) in [7, 11) is 3.48. The predicted octanol–water partition coefficient (Wildman–Crippen LogP) is 5.25. The van der Waals surface area contributed by atoms with E-state index in [2.05, 4.69) is 41.3 Å². The molecule has 1 fully saturated rings. The number of nitrogens with zero attached hydrogens (tertiary/aromatic N) is 2. The quantitative estimate of drug-likeness (QED) is 0.654. The van der Waals surface area contributed by atoms with E-state index in [9.17, 15) is 0 Å². The van der Waals surface area contributed by atoms with E-state index in [1.54, 1.807) is 14.2 Å². The summed E-state index contributed by atoms with van der Waals surface area (Å²) < 4.78 is 11.3. The second-order valence-electron chi connectivity index (χ2n) is 7.36. The molecule has 1 unspecified atom stereocenters. The summed E-state index contributed by atoms with van der Waals surface area (Å²) in [6, 6.07) is 16.8. The standard InChI is InChI=1S/C24H24N2O2S2/c1-27-20-9-5-3-7-16(20)13-17-14-29-15-19-22(17)25-24-26(11-12-30-24)23(19)18-8-4-6-10-21(18)28-2/h3-10,13,23H,11-12,14-15H2,1-2H3. The van der Waals surface area contributed by atoms with Gasteiger partial charge in [-0.15, -0.1) is 0 Å². The summed E-state index contributed by atoms with van der Waals surface area (Å²) in [6.45, 7) is 1.01. The summed E-state index contributed by atoms with van der Waals surface area (Å²) in [5, 5.41) is 1.13. The van der Waals surface area contributed by atoms with Crippen LogP contribution in [0, 0.1) is 0 Å². The molecule has 0 aromatic heterocycles. The number of hydrogen-bond donors (Lipinski definition) is 0. The van der Waals surface area contributed by atoms with Gasteiger partial charge in [0.15, 0.2) is 5.17 Å². The summed E-state index contributed by atoms with van der Waals surface area (Å²) in [4.78, 5) is 7.60. The van der Waals surface area contributed by atoms with Crippen molar-refractivity contribution >= 4 is 34.8 Å². The number of fused-ring (bicyclic) bond motifs is 1. The van der Waals surface area contributed by atoms with E-state index in [1.165, 1.54) is 16.7 Å². The van der Waals surface area contributed by atoms with Crippen molar-refractivity contribution in [2.24, 2.45) is 4.99 Å². The van der Waals surface area contributed by atoms with Gasteiger partial charge in [0.25, 0.3) is 0 Å². The Morgan fingerprint density at radius 2 is 1.77 bits per heavy atom. The maximum absolute atomic E-state index is 5.75. The highest BCUT2D eigenvalue weighted by Crippen LogP contribution is 2.47. The summed E-state index contributed by atoms with van der Waals surface area (Å²) in [6.07, 6.45) is 2.25. The number of aliphatic imine (C=N–C) groups is 1. The van der Waals surface area contributed by atoms with Gasteiger partial charge in [0.2, 0.25) is 0 Å². The van der Waals surface area contributed by atoms with Crippen molar-refractivity contribution < 1.29 is 9.47 Å². The molecule has 3 heterocycles. The van der Waals surface area contributed by atoms with E-state index in [0.717, 1.165) is 51.7 Å². The van der Waals surface area contributed by atoms with E-state index in [1.807, 2.05) is 41.7 Å². The van der Waals surface area contributed by atoms with Crippen LogP contribution in [0.15, 0.2) is 70.4 Å². The highest BCUT2D eigenvalue weighted by Gasteiger charge is 2.39. The van der Waals surface area contributed by atoms with Crippen molar-refractivity contribution in [1.82, 2.24) is 4.90 Å². The van der Waals surface area contributed by atoms with E-state index in [0.29, 0.717) is 0 Å². The monoisotopic (exact) mass is 436 g/mol. The molecule has 6 heteroatoms. The molecule has 30 heavy (non-hydrogen) atoms. The molecule has 2 aromatic rings. The number of rotatable bonds is 4. The largest absolute Gasteiger partial charge is 0.496 e. The third-order valence-electron chi connectivity index (χ3n) is 5.68. The van der Waals surface area contributed by atoms with Crippen LogP contribution in [0.4, 0.5) is 0 Å². The van der Waals surface area contributed by atoms with E-state index < -0.39 is 0 Å². The molecule has 5 rings (SSSR count). The van der Waals surface area contributed by atoms with Crippen molar-refractivity contribution in [3.05, 3.63) is 76.5 Å². The van der Waals surface area contributed by atoms with Gasteiger partial charge in [-0.3, -0.25) is 0 Å². The van der Waals surface area contributed by atoms with Crippen LogP contribution < -0.4 is 9.47 Å². The van der Waals surface area contributed by atoms with Gasteiger partial charge < -0.3 is 14.4 Å². The molecule has 1 atom stereocenters. The Morgan fingerprint density at radius 1 is 1.00 bits per heavy atom. The first-order valence-corrected chi connectivity index (χ1v) is 12.2. The molecule has 0 N–H and O–H groups in total. The van der Waals surface area contributed by atoms with Crippen LogP contribution in [-0.2, 0) is 0 Å². The minimum atomic E-state index is 0.174. The topological polar surface area (TPSA) is 34.1 Å². The Kier molecular flexibility index (Phi) is 5.52. The summed E-state index contributed by atoms with van der Waals surface area (Å²) in [5.74, 6) is 4.85. The number of ether oxygens (including phenoxy) is 2. The molecule has 0 aliphatic carbocycles. The predicted molar refractivity (Wildman–Crippen MR) is 128 cm³/mol. The number of para-hydroxylation sites is 2. The molecule has 2 aromatic carbocycles. The van der Waals surface area contributed by atoms with Crippen molar-refractivity contribution in [3.8, 4) is 11.5 Å². The number of methoxy groups -OCH3 is 2. The lowest BCUT2D eigenvalue weighted by molar-refractivity contribution is 0.353. The first-order valence-electron chi connectivity index (χ1n) is 10.1. The molecule has 0 saturated carbocycles. The molecule has 3 aliphatic rings. The van der Waals surface area contributed by atoms with E-state index in [4.69, 9.17) is 14.5 Å². The van der Waals surface area contributed by atoms with Crippen molar-refractivity contribution in [3.63, 3.8) is 0 Å².